The highest BCUT2D eigenvalue weighted by atomic mass is 35.5. The number of para-hydroxylation sites is 1. The fraction of sp³-hybridized carbons (Fsp3) is 0.125. The van der Waals surface area contributed by atoms with Crippen LogP contribution in [-0.2, 0) is 6.54 Å². The lowest BCUT2D eigenvalue weighted by Crippen LogP contribution is -3.00. The normalized spacial score (nSPS) is 10.1. The van der Waals surface area contributed by atoms with Crippen LogP contribution in [0.1, 0.15) is 10.4 Å². The maximum absolute atomic E-state index is 12.4. The Hall–Kier alpha value is -2.33. The highest BCUT2D eigenvalue weighted by Crippen LogP contribution is 2.18. The highest BCUT2D eigenvalue weighted by molar-refractivity contribution is 6.07. The molecule has 0 aliphatic rings. The van der Waals surface area contributed by atoms with Crippen LogP contribution >= 0.6 is 0 Å². The van der Waals surface area contributed by atoms with Crippen molar-refractivity contribution in [2.24, 2.45) is 0 Å². The maximum Gasteiger partial charge on any atom is 0.229 e. The summed E-state index contributed by atoms with van der Waals surface area (Å²) in [7, 11) is 1.62. The minimum Gasteiger partial charge on any atom is -1.00 e. The number of hydrogen-bond acceptors (Lipinski definition) is 2. The van der Waals surface area contributed by atoms with Crippen molar-refractivity contribution in [1.29, 1.82) is 0 Å². The number of benzene rings is 1. The van der Waals surface area contributed by atoms with Crippen LogP contribution < -0.4 is 21.7 Å². The minimum absolute atomic E-state index is 0. The van der Waals surface area contributed by atoms with Gasteiger partial charge in [-0.05, 0) is 6.07 Å². The van der Waals surface area contributed by atoms with Gasteiger partial charge in [0.1, 0.15) is 5.75 Å². The lowest BCUT2D eigenvalue weighted by atomic mass is 10.1. The summed E-state index contributed by atoms with van der Waals surface area (Å²) < 4.78 is 6.94. The number of nitrogens with one attached hydrogen (secondary N) is 1. The van der Waals surface area contributed by atoms with Gasteiger partial charge in [0, 0.05) is 34.8 Å². The Morgan fingerprint density at radius 3 is 2.62 bits per heavy atom. The summed E-state index contributed by atoms with van der Waals surface area (Å²) in [6, 6.07) is 11.5. The van der Waals surface area contributed by atoms with Gasteiger partial charge in [-0.15, -0.1) is 0 Å². The van der Waals surface area contributed by atoms with Crippen molar-refractivity contribution < 1.29 is 26.5 Å². The Morgan fingerprint density at radius 1 is 1.19 bits per heavy atom. The topological polar surface area (TPSA) is 46.0 Å². The van der Waals surface area contributed by atoms with E-state index in [0.717, 1.165) is 22.2 Å². The molecule has 0 saturated heterocycles. The van der Waals surface area contributed by atoms with Crippen LogP contribution in [0.25, 0.3) is 10.9 Å². The van der Waals surface area contributed by atoms with Gasteiger partial charge in [-0.1, -0.05) is 18.2 Å². The van der Waals surface area contributed by atoms with E-state index >= 15 is 0 Å². The zero-order valence-electron chi connectivity index (χ0n) is 11.5. The van der Waals surface area contributed by atoms with Crippen molar-refractivity contribution in [1.82, 2.24) is 4.98 Å². The number of nitrogens with zero attached hydrogens (tertiary/aromatic N) is 1. The van der Waals surface area contributed by atoms with Crippen molar-refractivity contribution in [2.75, 3.05) is 7.11 Å². The summed E-state index contributed by atoms with van der Waals surface area (Å²) in [5.74, 6) is 0.860. The number of ketones is 1. The van der Waals surface area contributed by atoms with E-state index in [-0.39, 0.29) is 18.2 Å². The molecular weight excluding hydrogens is 288 g/mol. The minimum atomic E-state index is 0. The summed E-state index contributed by atoms with van der Waals surface area (Å²) >= 11 is 0. The number of rotatable bonds is 4. The van der Waals surface area contributed by atoms with E-state index in [1.165, 1.54) is 0 Å². The maximum atomic E-state index is 12.4. The van der Waals surface area contributed by atoms with E-state index in [2.05, 4.69) is 4.98 Å². The lowest BCUT2D eigenvalue weighted by molar-refractivity contribution is -0.683. The molecule has 4 nitrogen and oxygen atoms in total. The largest absolute Gasteiger partial charge is 1.00 e. The first-order valence-electron chi connectivity index (χ1n) is 6.40. The average Bonchev–Trinajstić information content (AvgIpc) is 2.92. The van der Waals surface area contributed by atoms with Crippen LogP contribution in [-0.4, -0.2) is 17.9 Å². The van der Waals surface area contributed by atoms with E-state index in [1.807, 2.05) is 53.4 Å². The molecule has 0 spiro atoms. The van der Waals surface area contributed by atoms with Gasteiger partial charge in [0.25, 0.3) is 0 Å². The number of halogens is 1. The Kier molecular flexibility index (Phi) is 4.60. The Bertz CT molecular complexity index is 750. The second-order valence-corrected chi connectivity index (χ2v) is 4.58. The first-order chi connectivity index (χ1) is 9.78. The van der Waals surface area contributed by atoms with E-state index < -0.39 is 0 Å². The van der Waals surface area contributed by atoms with Crippen molar-refractivity contribution in [3.8, 4) is 5.75 Å². The summed E-state index contributed by atoms with van der Waals surface area (Å²) in [6.45, 7) is 0.311. The summed E-state index contributed by atoms with van der Waals surface area (Å²) in [4.78, 5) is 15.5. The van der Waals surface area contributed by atoms with Crippen molar-refractivity contribution in [3.63, 3.8) is 0 Å². The zero-order valence-corrected chi connectivity index (χ0v) is 12.3. The summed E-state index contributed by atoms with van der Waals surface area (Å²) in [5.41, 5.74) is 1.71. The molecule has 0 unspecified atom stereocenters. The molecule has 0 amide bonds. The monoisotopic (exact) mass is 302 g/mol. The van der Waals surface area contributed by atoms with Crippen LogP contribution in [0.2, 0.25) is 0 Å². The predicted molar refractivity (Wildman–Crippen MR) is 75.8 cm³/mol. The number of aromatic nitrogens is 2. The van der Waals surface area contributed by atoms with Crippen LogP contribution in [0, 0.1) is 0 Å². The van der Waals surface area contributed by atoms with E-state index in [0.29, 0.717) is 6.54 Å². The van der Waals surface area contributed by atoms with Crippen molar-refractivity contribution >= 4 is 16.7 Å². The van der Waals surface area contributed by atoms with E-state index in [4.69, 9.17) is 4.74 Å². The van der Waals surface area contributed by atoms with Gasteiger partial charge in [-0.25, -0.2) is 0 Å². The lowest BCUT2D eigenvalue weighted by Gasteiger charge is -1.99. The smallest absolute Gasteiger partial charge is 0.229 e. The predicted octanol–water partition coefficient (Wildman–Crippen LogP) is -0.649. The number of aromatic amines is 1. The molecule has 21 heavy (non-hydrogen) atoms. The molecule has 1 N–H and O–H groups in total. The number of carbonyl (C=O) groups excluding carboxylic acids is 1. The fourth-order valence-electron chi connectivity index (χ4n) is 2.24. The molecule has 2 heterocycles. The van der Waals surface area contributed by atoms with Gasteiger partial charge in [-0.3, -0.25) is 4.79 Å². The van der Waals surface area contributed by atoms with E-state index in [1.54, 1.807) is 13.3 Å². The first-order valence-corrected chi connectivity index (χ1v) is 6.40. The molecule has 2 aromatic heterocycles. The molecule has 3 rings (SSSR count). The van der Waals surface area contributed by atoms with Crippen molar-refractivity contribution in [3.05, 3.63) is 60.6 Å². The summed E-state index contributed by atoms with van der Waals surface area (Å²) in [6.07, 6.45) is 5.45. The van der Waals surface area contributed by atoms with E-state index in [9.17, 15) is 4.79 Å². The Morgan fingerprint density at radius 2 is 1.90 bits per heavy atom. The molecule has 0 radical (unpaired) electrons. The van der Waals surface area contributed by atoms with Gasteiger partial charge in [0.05, 0.1) is 7.11 Å². The number of Topliss-reactive ketones (excluding diaryl/α,β-unsaturated/α-hetero) is 1. The highest BCUT2D eigenvalue weighted by Gasteiger charge is 2.16. The molecule has 0 aliphatic carbocycles. The molecule has 3 aromatic rings. The molecular formula is C16H15ClN2O2. The standard InChI is InChI=1S/C16H14N2O2.ClH/c1-20-12-6-8-18(9-7-12)11-16(19)14-10-17-15-5-3-2-4-13(14)15;/h2-10H,11H2,1H3;1H. The number of fused-ring (bicyclic) bond motifs is 1. The second-order valence-electron chi connectivity index (χ2n) is 4.58. The molecule has 0 fully saturated rings. The van der Waals surface area contributed by atoms with Crippen LogP contribution in [0.3, 0.4) is 0 Å². The van der Waals surface area contributed by atoms with Gasteiger partial charge in [-0.2, -0.15) is 4.57 Å². The number of hydrogen-bond donors (Lipinski definition) is 1. The number of pyridine rings is 1. The Labute approximate surface area is 128 Å². The first kappa shape index (κ1) is 15.1. The van der Waals surface area contributed by atoms with Crippen LogP contribution in [0.15, 0.2) is 55.0 Å². The quantitative estimate of drug-likeness (QED) is 0.514. The zero-order chi connectivity index (χ0) is 13.9. The third kappa shape index (κ3) is 3.06. The average molecular weight is 303 g/mol. The molecule has 0 bridgehead atoms. The van der Waals surface area contributed by atoms with Crippen LogP contribution in [0.5, 0.6) is 5.75 Å². The third-order valence-corrected chi connectivity index (χ3v) is 3.31. The van der Waals surface area contributed by atoms with Gasteiger partial charge >= 0.3 is 0 Å². The van der Waals surface area contributed by atoms with Crippen LogP contribution in [0.4, 0.5) is 0 Å². The third-order valence-electron chi connectivity index (χ3n) is 3.31. The molecule has 1 aromatic carbocycles. The van der Waals surface area contributed by atoms with Gasteiger partial charge in [0.2, 0.25) is 12.3 Å². The van der Waals surface area contributed by atoms with Crippen molar-refractivity contribution in [2.45, 2.75) is 6.54 Å². The molecule has 0 saturated carbocycles. The molecule has 5 heteroatoms. The number of H-pyrrole nitrogens is 1. The Balaban J connectivity index is 0.00000161. The SMILES string of the molecule is COc1cc[n+](CC(=O)c2c[nH]c3ccccc23)cc1.[Cl-]. The number of methoxy groups -OCH3 is 1. The molecule has 0 aliphatic heterocycles. The molecule has 108 valence electrons. The molecule has 0 atom stereocenters. The number of carbonyl (C=O) groups is 1. The summed E-state index contributed by atoms with van der Waals surface area (Å²) in [5, 5.41) is 0.964. The van der Waals surface area contributed by atoms with Gasteiger partial charge in [0.15, 0.2) is 12.4 Å². The number of ether oxygens (including phenoxy) is 1. The second kappa shape index (κ2) is 6.41. The fourth-order valence-corrected chi connectivity index (χ4v) is 2.24. The van der Waals surface area contributed by atoms with Gasteiger partial charge < -0.3 is 22.1 Å².